The van der Waals surface area contributed by atoms with E-state index >= 15 is 0 Å². The van der Waals surface area contributed by atoms with Crippen LogP contribution in [0.5, 0.6) is 0 Å². The Bertz CT molecular complexity index is 805. The Hall–Kier alpha value is -2.76. The molecule has 0 bridgehead atoms. The first-order valence-corrected chi connectivity index (χ1v) is 8.90. The number of amides is 2. The van der Waals surface area contributed by atoms with Gasteiger partial charge in [0.2, 0.25) is 0 Å². The molecular weight excluding hydrogens is 328 g/mol. The summed E-state index contributed by atoms with van der Waals surface area (Å²) in [4.78, 5) is 37.5. The lowest BCUT2D eigenvalue weighted by Crippen LogP contribution is -2.39. The lowest BCUT2D eigenvalue weighted by molar-refractivity contribution is 0.0598. The van der Waals surface area contributed by atoms with Crippen LogP contribution in [0.3, 0.4) is 0 Å². The molecule has 0 saturated carbocycles. The molecule has 1 aliphatic heterocycles. The van der Waals surface area contributed by atoms with Gasteiger partial charge in [-0.15, -0.1) is 0 Å². The number of carbonyl (C=O) groups is 2. The van der Waals surface area contributed by atoms with Crippen LogP contribution in [0.1, 0.15) is 57.5 Å². The molecule has 1 atom stereocenters. The maximum Gasteiger partial charge on any atom is 0.256 e. The Morgan fingerprint density at radius 2 is 1.88 bits per heavy atom. The zero-order chi connectivity index (χ0) is 18.7. The van der Waals surface area contributed by atoms with Gasteiger partial charge in [-0.3, -0.25) is 9.59 Å². The number of piperidine rings is 1. The second-order valence-corrected chi connectivity index (χ2v) is 6.80. The summed E-state index contributed by atoms with van der Waals surface area (Å²) in [5.74, 6) is 0.502. The van der Waals surface area contributed by atoms with Crippen LogP contribution in [0.25, 0.3) is 0 Å². The van der Waals surface area contributed by atoms with E-state index in [1.807, 2.05) is 42.2 Å². The number of hydrogen-bond acceptors (Lipinski definition) is 4. The summed E-state index contributed by atoms with van der Waals surface area (Å²) in [6.45, 7) is 2.51. The zero-order valence-electron chi connectivity index (χ0n) is 15.5. The minimum Gasteiger partial charge on any atom is -0.345 e. The van der Waals surface area contributed by atoms with Crippen LogP contribution < -0.4 is 0 Å². The molecule has 2 aromatic rings. The third-order valence-corrected chi connectivity index (χ3v) is 4.72. The zero-order valence-corrected chi connectivity index (χ0v) is 15.5. The van der Waals surface area contributed by atoms with Crippen molar-refractivity contribution >= 4 is 11.8 Å². The molecule has 2 amide bonds. The molecular formula is C20H24N4O2. The van der Waals surface area contributed by atoms with E-state index in [0.717, 1.165) is 19.3 Å². The highest BCUT2D eigenvalue weighted by atomic mass is 16.2. The maximum atomic E-state index is 12.9. The average Bonchev–Trinajstić information content (AvgIpc) is 2.67. The van der Waals surface area contributed by atoms with Crippen LogP contribution in [0.4, 0.5) is 0 Å². The number of aromatic nitrogens is 2. The van der Waals surface area contributed by atoms with Gasteiger partial charge in [0.25, 0.3) is 11.8 Å². The van der Waals surface area contributed by atoms with Crippen molar-refractivity contribution in [1.29, 1.82) is 0 Å². The standard InChI is InChI=1S/C20H24N4O2/c1-14-16(20(26)23(2)3)13-21-18(22-14)17-11-7-8-12-24(17)19(25)15-9-5-4-6-10-15/h4-6,9-10,13,17H,7-8,11-12H2,1-3H3/t17-/m0/s1. The number of likely N-dealkylation sites (tertiary alicyclic amines) is 1. The largest absolute Gasteiger partial charge is 0.345 e. The predicted molar refractivity (Wildman–Crippen MR) is 98.9 cm³/mol. The van der Waals surface area contributed by atoms with Crippen LogP contribution in [-0.2, 0) is 0 Å². The lowest BCUT2D eigenvalue weighted by atomic mass is 9.99. The summed E-state index contributed by atoms with van der Waals surface area (Å²) in [7, 11) is 3.41. The van der Waals surface area contributed by atoms with Crippen LogP contribution in [0, 0.1) is 6.92 Å². The molecule has 6 nitrogen and oxygen atoms in total. The first-order valence-electron chi connectivity index (χ1n) is 8.90. The van der Waals surface area contributed by atoms with Gasteiger partial charge in [-0.1, -0.05) is 18.2 Å². The van der Waals surface area contributed by atoms with E-state index < -0.39 is 0 Å². The van der Waals surface area contributed by atoms with E-state index in [-0.39, 0.29) is 17.9 Å². The van der Waals surface area contributed by atoms with Crippen molar-refractivity contribution in [3.8, 4) is 0 Å². The molecule has 2 heterocycles. The SMILES string of the molecule is Cc1nc([C@@H]2CCCCN2C(=O)c2ccccc2)ncc1C(=O)N(C)C. The number of benzene rings is 1. The molecule has 1 saturated heterocycles. The molecule has 1 aromatic carbocycles. The Labute approximate surface area is 153 Å². The summed E-state index contributed by atoms with van der Waals surface area (Å²) in [6, 6.07) is 9.15. The molecule has 1 aromatic heterocycles. The van der Waals surface area contributed by atoms with Crippen molar-refractivity contribution in [3.63, 3.8) is 0 Å². The van der Waals surface area contributed by atoms with Crippen molar-refractivity contribution in [2.75, 3.05) is 20.6 Å². The van der Waals surface area contributed by atoms with Crippen LogP contribution in [-0.4, -0.2) is 52.2 Å². The van der Waals surface area contributed by atoms with E-state index in [9.17, 15) is 9.59 Å². The molecule has 0 spiro atoms. The van der Waals surface area contributed by atoms with Gasteiger partial charge in [0.1, 0.15) is 0 Å². The van der Waals surface area contributed by atoms with Gasteiger partial charge in [0.05, 0.1) is 17.3 Å². The number of rotatable bonds is 3. The topological polar surface area (TPSA) is 66.4 Å². The van der Waals surface area contributed by atoms with Gasteiger partial charge < -0.3 is 9.80 Å². The molecule has 136 valence electrons. The second kappa shape index (κ2) is 7.64. The van der Waals surface area contributed by atoms with Crippen molar-refractivity contribution in [1.82, 2.24) is 19.8 Å². The number of nitrogens with zero attached hydrogens (tertiary/aromatic N) is 4. The van der Waals surface area contributed by atoms with Crippen LogP contribution >= 0.6 is 0 Å². The molecule has 1 aliphatic rings. The van der Waals surface area contributed by atoms with Crippen LogP contribution in [0.2, 0.25) is 0 Å². The molecule has 1 fully saturated rings. The lowest BCUT2D eigenvalue weighted by Gasteiger charge is -2.35. The molecule has 0 aliphatic carbocycles. The first kappa shape index (κ1) is 18.0. The Kier molecular flexibility index (Phi) is 5.30. The maximum absolute atomic E-state index is 12.9. The van der Waals surface area contributed by atoms with Gasteiger partial charge in [-0.2, -0.15) is 0 Å². The predicted octanol–water partition coefficient (Wildman–Crippen LogP) is 2.85. The Morgan fingerprint density at radius 3 is 2.54 bits per heavy atom. The minimum atomic E-state index is -0.154. The molecule has 0 unspecified atom stereocenters. The average molecular weight is 352 g/mol. The van der Waals surface area contributed by atoms with E-state index in [0.29, 0.717) is 29.2 Å². The molecule has 26 heavy (non-hydrogen) atoms. The van der Waals surface area contributed by atoms with Crippen molar-refractivity contribution in [2.24, 2.45) is 0 Å². The minimum absolute atomic E-state index is 0.00463. The number of aryl methyl sites for hydroxylation is 1. The molecule has 0 radical (unpaired) electrons. The number of hydrogen-bond donors (Lipinski definition) is 0. The Morgan fingerprint density at radius 1 is 1.15 bits per heavy atom. The fourth-order valence-corrected chi connectivity index (χ4v) is 3.29. The second-order valence-electron chi connectivity index (χ2n) is 6.80. The first-order chi connectivity index (χ1) is 12.5. The fraction of sp³-hybridized carbons (Fsp3) is 0.400. The monoisotopic (exact) mass is 352 g/mol. The normalized spacial score (nSPS) is 17.0. The smallest absolute Gasteiger partial charge is 0.256 e. The van der Waals surface area contributed by atoms with Gasteiger partial charge in [0, 0.05) is 32.4 Å². The van der Waals surface area contributed by atoms with E-state index in [1.54, 1.807) is 20.3 Å². The van der Waals surface area contributed by atoms with Gasteiger partial charge in [-0.05, 0) is 38.3 Å². The van der Waals surface area contributed by atoms with Crippen molar-refractivity contribution < 1.29 is 9.59 Å². The fourth-order valence-electron chi connectivity index (χ4n) is 3.29. The van der Waals surface area contributed by atoms with E-state index in [2.05, 4.69) is 9.97 Å². The van der Waals surface area contributed by atoms with Gasteiger partial charge in [-0.25, -0.2) is 9.97 Å². The van der Waals surface area contributed by atoms with Crippen LogP contribution in [0.15, 0.2) is 36.5 Å². The molecule has 3 rings (SSSR count). The highest BCUT2D eigenvalue weighted by molar-refractivity contribution is 5.95. The highest BCUT2D eigenvalue weighted by Crippen LogP contribution is 2.30. The summed E-state index contributed by atoms with van der Waals surface area (Å²) < 4.78 is 0. The highest BCUT2D eigenvalue weighted by Gasteiger charge is 2.31. The summed E-state index contributed by atoms with van der Waals surface area (Å²) in [5, 5.41) is 0. The number of carbonyl (C=O) groups excluding carboxylic acids is 2. The molecule has 0 N–H and O–H groups in total. The summed E-state index contributed by atoms with van der Waals surface area (Å²) in [5.41, 5.74) is 1.82. The van der Waals surface area contributed by atoms with Crippen molar-refractivity contribution in [3.05, 3.63) is 59.2 Å². The quantitative estimate of drug-likeness (QED) is 0.852. The van der Waals surface area contributed by atoms with E-state index in [4.69, 9.17) is 0 Å². The third kappa shape index (κ3) is 3.59. The van der Waals surface area contributed by atoms with E-state index in [1.165, 1.54) is 4.90 Å². The molecule has 6 heteroatoms. The summed E-state index contributed by atoms with van der Waals surface area (Å²) >= 11 is 0. The summed E-state index contributed by atoms with van der Waals surface area (Å²) in [6.07, 6.45) is 4.42. The third-order valence-electron chi connectivity index (χ3n) is 4.72. The Balaban J connectivity index is 1.89. The van der Waals surface area contributed by atoms with Gasteiger partial charge in [0.15, 0.2) is 5.82 Å². The van der Waals surface area contributed by atoms with Crippen molar-refractivity contribution in [2.45, 2.75) is 32.2 Å². The van der Waals surface area contributed by atoms with Gasteiger partial charge >= 0.3 is 0 Å².